The zero-order chi connectivity index (χ0) is 21.3. The molecule has 30 heavy (non-hydrogen) atoms. The van der Waals surface area contributed by atoms with Gasteiger partial charge in [-0.25, -0.2) is 4.98 Å². The Kier molecular flexibility index (Phi) is 5.64. The number of carbonyl (C=O) groups excluding carboxylic acids is 2. The minimum Gasteiger partial charge on any atom is -0.457 e. The molecule has 0 aliphatic carbocycles. The summed E-state index contributed by atoms with van der Waals surface area (Å²) in [6.45, 7) is 0. The van der Waals surface area contributed by atoms with Crippen LogP contribution < -0.4 is 15.0 Å². The topological polar surface area (TPSA) is 76.5 Å². The third kappa shape index (κ3) is 3.98. The van der Waals surface area contributed by atoms with Crippen molar-refractivity contribution in [2.75, 3.05) is 4.90 Å². The highest BCUT2D eigenvalue weighted by Gasteiger charge is 2.34. The minimum atomic E-state index is -0.540. The Bertz CT molecular complexity index is 1150. The number of para-hydroxylation sites is 1. The number of anilines is 1. The summed E-state index contributed by atoms with van der Waals surface area (Å²) in [6.07, 6.45) is 3.14. The summed E-state index contributed by atoms with van der Waals surface area (Å²) in [4.78, 5) is 31.0. The molecule has 0 spiro atoms. The van der Waals surface area contributed by atoms with E-state index in [1.54, 1.807) is 42.2 Å². The number of aryl methyl sites for hydroxylation is 1. The zero-order valence-corrected chi connectivity index (χ0v) is 18.7. The van der Waals surface area contributed by atoms with E-state index in [0.29, 0.717) is 26.6 Å². The molecule has 0 saturated carbocycles. The molecule has 4 rings (SSSR count). The molecular formula is C21H15IN4O3S. The Morgan fingerprint density at radius 3 is 2.37 bits per heavy atom. The number of hydrogen-bond donors (Lipinski definition) is 1. The van der Waals surface area contributed by atoms with Crippen LogP contribution in [0.2, 0.25) is 0 Å². The van der Waals surface area contributed by atoms with Gasteiger partial charge in [0, 0.05) is 7.05 Å². The first-order valence-electron chi connectivity index (χ1n) is 8.85. The van der Waals surface area contributed by atoms with Crippen molar-refractivity contribution in [2.24, 2.45) is 7.05 Å². The first-order chi connectivity index (χ1) is 14.4. The molecule has 2 amide bonds. The average molecular weight is 530 g/mol. The number of hydrogen-bond acceptors (Lipinski definition) is 5. The lowest BCUT2D eigenvalue weighted by atomic mass is 10.1. The highest BCUT2D eigenvalue weighted by Crippen LogP contribution is 2.27. The van der Waals surface area contributed by atoms with Gasteiger partial charge in [0.1, 0.15) is 20.8 Å². The van der Waals surface area contributed by atoms with Crippen LogP contribution >= 0.6 is 34.8 Å². The molecule has 2 aromatic carbocycles. The maximum Gasteiger partial charge on any atom is 0.270 e. The van der Waals surface area contributed by atoms with Crippen LogP contribution in [0.25, 0.3) is 6.08 Å². The Morgan fingerprint density at radius 1 is 1.07 bits per heavy atom. The normalized spacial score (nSPS) is 15.5. The number of thiocarbonyl (C=S) groups is 1. The first-order valence-corrected chi connectivity index (χ1v) is 10.3. The van der Waals surface area contributed by atoms with Crippen molar-refractivity contribution in [1.82, 2.24) is 14.9 Å². The van der Waals surface area contributed by atoms with E-state index in [1.807, 2.05) is 30.3 Å². The number of rotatable bonds is 4. The number of carbonyl (C=O) groups is 2. The number of nitrogens with zero attached hydrogens (tertiary/aromatic N) is 3. The van der Waals surface area contributed by atoms with Gasteiger partial charge >= 0.3 is 0 Å². The molecule has 1 fully saturated rings. The van der Waals surface area contributed by atoms with Crippen molar-refractivity contribution in [2.45, 2.75) is 0 Å². The molecule has 1 aromatic heterocycles. The summed E-state index contributed by atoms with van der Waals surface area (Å²) in [7, 11) is 1.79. The molecule has 0 bridgehead atoms. The summed E-state index contributed by atoms with van der Waals surface area (Å²) >= 11 is 7.30. The van der Waals surface area contributed by atoms with Gasteiger partial charge in [-0.1, -0.05) is 18.2 Å². The van der Waals surface area contributed by atoms with Crippen LogP contribution in [0.5, 0.6) is 11.5 Å². The van der Waals surface area contributed by atoms with Crippen LogP contribution in [0.4, 0.5) is 5.69 Å². The Morgan fingerprint density at radius 2 is 1.73 bits per heavy atom. The smallest absolute Gasteiger partial charge is 0.270 e. The Labute approximate surface area is 191 Å². The van der Waals surface area contributed by atoms with Gasteiger partial charge in [0.05, 0.1) is 17.7 Å². The first kappa shape index (κ1) is 20.2. The Balaban J connectivity index is 1.62. The number of ether oxygens (including phenoxy) is 1. The van der Waals surface area contributed by atoms with Gasteiger partial charge in [0.25, 0.3) is 11.8 Å². The fourth-order valence-corrected chi connectivity index (χ4v) is 3.83. The number of aromatic nitrogens is 2. The van der Waals surface area contributed by atoms with Crippen molar-refractivity contribution in [3.05, 3.63) is 75.9 Å². The lowest BCUT2D eigenvalue weighted by Gasteiger charge is -2.29. The standard InChI is InChI=1S/C21H15IN4O3S/c1-25-12-23-18(22)17(25)11-16-19(27)24-21(30)26(20(16)28)13-7-9-15(10-8-13)29-14-5-3-2-4-6-14/h2-12H,1H3,(H,24,27,30)/b16-11+. The molecule has 7 nitrogen and oxygen atoms in total. The lowest BCUT2D eigenvalue weighted by Crippen LogP contribution is -2.54. The SMILES string of the molecule is Cn1cnc(I)c1/C=C1\C(=O)NC(=S)N(c2ccc(Oc3ccccc3)cc2)C1=O. The van der Waals surface area contributed by atoms with E-state index in [4.69, 9.17) is 17.0 Å². The minimum absolute atomic E-state index is 0.0188. The Hall–Kier alpha value is -3.05. The molecule has 3 aromatic rings. The van der Waals surface area contributed by atoms with E-state index in [9.17, 15) is 9.59 Å². The van der Waals surface area contributed by atoms with Crippen molar-refractivity contribution in [3.63, 3.8) is 0 Å². The number of halogens is 1. The van der Waals surface area contributed by atoms with Gasteiger partial charge in [-0.2, -0.15) is 0 Å². The van der Waals surface area contributed by atoms with Crippen molar-refractivity contribution < 1.29 is 14.3 Å². The third-order valence-electron chi connectivity index (χ3n) is 4.39. The average Bonchev–Trinajstić information content (AvgIpc) is 3.04. The number of amides is 2. The lowest BCUT2D eigenvalue weighted by molar-refractivity contribution is -0.122. The quantitative estimate of drug-likeness (QED) is 0.241. The van der Waals surface area contributed by atoms with Crippen molar-refractivity contribution in [1.29, 1.82) is 0 Å². The van der Waals surface area contributed by atoms with Gasteiger partial charge in [-0.15, -0.1) is 0 Å². The van der Waals surface area contributed by atoms with Gasteiger partial charge in [0.15, 0.2) is 5.11 Å². The fraction of sp³-hybridized carbons (Fsp3) is 0.0476. The number of imidazole rings is 1. The highest BCUT2D eigenvalue weighted by molar-refractivity contribution is 14.1. The van der Waals surface area contributed by atoms with Gasteiger partial charge in [-0.3, -0.25) is 19.8 Å². The van der Waals surface area contributed by atoms with E-state index in [-0.39, 0.29) is 10.7 Å². The predicted octanol–water partition coefficient (Wildman–Crippen LogP) is 3.65. The molecule has 1 saturated heterocycles. The molecule has 9 heteroatoms. The van der Waals surface area contributed by atoms with Crippen LogP contribution in [-0.4, -0.2) is 26.5 Å². The summed E-state index contributed by atoms with van der Waals surface area (Å²) in [5.41, 5.74) is 1.17. The van der Waals surface area contributed by atoms with Crippen LogP contribution in [0.3, 0.4) is 0 Å². The van der Waals surface area contributed by atoms with Crippen molar-refractivity contribution in [3.8, 4) is 11.5 Å². The van der Waals surface area contributed by atoms with Crippen LogP contribution in [0.1, 0.15) is 5.69 Å². The van der Waals surface area contributed by atoms with Crippen molar-refractivity contribution >= 4 is 63.5 Å². The van der Waals surface area contributed by atoms with E-state index in [2.05, 4.69) is 32.9 Å². The number of nitrogens with one attached hydrogen (secondary N) is 1. The zero-order valence-electron chi connectivity index (χ0n) is 15.7. The second-order valence-electron chi connectivity index (χ2n) is 6.40. The molecule has 150 valence electrons. The van der Waals surface area contributed by atoms with E-state index >= 15 is 0 Å². The van der Waals surface area contributed by atoms with Gasteiger partial charge in [0.2, 0.25) is 0 Å². The fourth-order valence-electron chi connectivity index (χ4n) is 2.89. The second kappa shape index (κ2) is 8.36. The summed E-state index contributed by atoms with van der Waals surface area (Å²) in [5.74, 6) is 0.280. The van der Waals surface area contributed by atoms with Gasteiger partial charge < -0.3 is 9.30 Å². The molecule has 1 aliphatic rings. The maximum atomic E-state index is 13.1. The van der Waals surface area contributed by atoms with Gasteiger partial charge in [-0.05, 0) is 77.3 Å². The van der Waals surface area contributed by atoms with E-state index in [1.165, 1.54) is 11.0 Å². The van der Waals surface area contributed by atoms with E-state index < -0.39 is 11.8 Å². The molecular weight excluding hydrogens is 515 g/mol. The monoisotopic (exact) mass is 530 g/mol. The second-order valence-corrected chi connectivity index (χ2v) is 7.81. The molecule has 2 heterocycles. The molecule has 1 N–H and O–H groups in total. The maximum absolute atomic E-state index is 13.1. The highest BCUT2D eigenvalue weighted by atomic mass is 127. The van der Waals surface area contributed by atoms with Crippen LogP contribution in [-0.2, 0) is 16.6 Å². The van der Waals surface area contributed by atoms with Crippen LogP contribution in [0, 0.1) is 3.70 Å². The summed E-state index contributed by atoms with van der Waals surface area (Å²) in [5, 5.41) is 2.61. The predicted molar refractivity (Wildman–Crippen MR) is 125 cm³/mol. The third-order valence-corrected chi connectivity index (χ3v) is 5.51. The summed E-state index contributed by atoms with van der Waals surface area (Å²) < 4.78 is 8.20. The molecule has 0 radical (unpaired) electrons. The molecule has 1 aliphatic heterocycles. The van der Waals surface area contributed by atoms with Crippen LogP contribution in [0.15, 0.2) is 66.5 Å². The molecule has 0 atom stereocenters. The van der Waals surface area contributed by atoms with E-state index in [0.717, 1.165) is 0 Å². The number of benzene rings is 2. The summed E-state index contributed by atoms with van der Waals surface area (Å²) in [6, 6.07) is 16.3. The molecule has 0 unspecified atom stereocenters. The largest absolute Gasteiger partial charge is 0.457 e.